The highest BCUT2D eigenvalue weighted by atomic mass is 15.1. The number of hydrogen-bond donors (Lipinski definition) is 0. The first-order valence-corrected chi connectivity index (χ1v) is 18.0. The highest BCUT2D eigenvalue weighted by Crippen LogP contribution is 2.62. The molecule has 0 heterocycles. The maximum atomic E-state index is 2.53. The maximum absolute atomic E-state index is 2.53. The van der Waals surface area contributed by atoms with Crippen LogP contribution in [0.25, 0.3) is 33.0 Å². The van der Waals surface area contributed by atoms with E-state index in [0.717, 1.165) is 17.1 Å². The highest BCUT2D eigenvalue weighted by molar-refractivity contribution is 6.06. The average Bonchev–Trinajstić information content (AvgIpc) is 3.48. The fourth-order valence-electron chi connectivity index (χ4n) is 9.35. The minimum absolute atomic E-state index is 0.136. The summed E-state index contributed by atoms with van der Waals surface area (Å²) in [5.74, 6) is 0. The molecule has 1 spiro atoms. The summed E-state index contributed by atoms with van der Waals surface area (Å²) in [6.45, 7) is 4.78. The van der Waals surface area contributed by atoms with Gasteiger partial charge >= 0.3 is 0 Å². The number of nitrogens with zero attached hydrogens (tertiary/aromatic N) is 1. The van der Waals surface area contributed by atoms with Crippen molar-refractivity contribution < 1.29 is 0 Å². The molecular weight excluding hydrogens is 615 g/mol. The van der Waals surface area contributed by atoms with Crippen molar-refractivity contribution in [2.75, 3.05) is 4.90 Å². The minimum atomic E-state index is -0.450. The van der Waals surface area contributed by atoms with Gasteiger partial charge in [-0.3, -0.25) is 0 Å². The van der Waals surface area contributed by atoms with Gasteiger partial charge in [-0.2, -0.15) is 0 Å². The molecule has 0 amide bonds. The zero-order valence-corrected chi connectivity index (χ0v) is 28.8. The van der Waals surface area contributed by atoms with E-state index in [2.05, 4.69) is 207 Å². The number of benzene rings is 8. The lowest BCUT2D eigenvalue weighted by Crippen LogP contribution is -2.40. The fraction of sp³-hybridized carbons (Fsp3) is 0.0800. The summed E-state index contributed by atoms with van der Waals surface area (Å²) in [7, 11) is 0. The molecule has 0 aromatic heterocycles. The second-order valence-corrected chi connectivity index (χ2v) is 14.5. The van der Waals surface area contributed by atoms with Gasteiger partial charge in [-0.15, -0.1) is 0 Å². The zero-order chi connectivity index (χ0) is 34.2. The van der Waals surface area contributed by atoms with E-state index in [1.54, 1.807) is 0 Å². The number of hydrogen-bond acceptors (Lipinski definition) is 1. The summed E-state index contributed by atoms with van der Waals surface area (Å²) in [5.41, 5.74) is 16.1. The highest BCUT2D eigenvalue weighted by Gasteiger charge is 2.53. The third kappa shape index (κ3) is 4.15. The topological polar surface area (TPSA) is 3.24 Å². The minimum Gasteiger partial charge on any atom is -0.310 e. The first kappa shape index (κ1) is 29.7. The average molecular weight is 652 g/mol. The van der Waals surface area contributed by atoms with E-state index in [-0.39, 0.29) is 5.41 Å². The smallest absolute Gasteiger partial charge is 0.0719 e. The number of para-hydroxylation sites is 2. The molecule has 0 radical (unpaired) electrons. The Morgan fingerprint density at radius 2 is 0.902 bits per heavy atom. The van der Waals surface area contributed by atoms with Crippen LogP contribution in [0.15, 0.2) is 188 Å². The number of fused-ring (bicyclic) bond motifs is 10. The number of rotatable bonds is 4. The molecular formula is C50H37N. The number of anilines is 3. The molecule has 8 aromatic carbocycles. The zero-order valence-electron chi connectivity index (χ0n) is 28.8. The van der Waals surface area contributed by atoms with E-state index in [1.807, 2.05) is 0 Å². The Labute approximate surface area is 300 Å². The largest absolute Gasteiger partial charge is 0.310 e. The Morgan fingerprint density at radius 1 is 0.392 bits per heavy atom. The molecule has 0 saturated heterocycles. The van der Waals surface area contributed by atoms with Crippen molar-refractivity contribution in [3.8, 4) is 22.3 Å². The van der Waals surface area contributed by atoms with Crippen LogP contribution in [0, 0.1) is 0 Å². The van der Waals surface area contributed by atoms with E-state index in [4.69, 9.17) is 0 Å². The van der Waals surface area contributed by atoms with E-state index >= 15 is 0 Å². The molecule has 2 aliphatic rings. The fourth-order valence-corrected chi connectivity index (χ4v) is 9.35. The van der Waals surface area contributed by atoms with Crippen molar-refractivity contribution in [2.24, 2.45) is 0 Å². The van der Waals surface area contributed by atoms with Crippen molar-refractivity contribution in [1.82, 2.24) is 0 Å². The normalized spacial score (nSPS) is 14.4. The predicted molar refractivity (Wildman–Crippen MR) is 213 cm³/mol. The first-order chi connectivity index (χ1) is 25.1. The summed E-state index contributed by atoms with van der Waals surface area (Å²) in [4.78, 5) is 2.41. The summed E-state index contributed by atoms with van der Waals surface area (Å²) >= 11 is 0. The quantitative estimate of drug-likeness (QED) is 0.183. The van der Waals surface area contributed by atoms with Crippen molar-refractivity contribution in [3.63, 3.8) is 0 Å². The van der Waals surface area contributed by atoms with Crippen molar-refractivity contribution in [2.45, 2.75) is 24.7 Å². The van der Waals surface area contributed by atoms with Gasteiger partial charge in [-0.25, -0.2) is 0 Å². The van der Waals surface area contributed by atoms with Crippen LogP contribution >= 0.6 is 0 Å². The van der Waals surface area contributed by atoms with Crippen LogP contribution in [0.2, 0.25) is 0 Å². The SMILES string of the molecule is CC1(C)c2ccccc2C2(c3ccccc3-c3ccc(-c4c(N(c5ccccc5)c5ccccc5)ccc5ccccc45)cc32)c2ccccc21. The van der Waals surface area contributed by atoms with Crippen LogP contribution in [-0.2, 0) is 10.8 Å². The van der Waals surface area contributed by atoms with Gasteiger partial charge in [0, 0.05) is 22.4 Å². The van der Waals surface area contributed by atoms with Crippen LogP contribution in [0.5, 0.6) is 0 Å². The standard InChI is InChI=1S/C50H37N/c1-49(2)42-25-13-15-27-44(42)50(45-28-16-14-26-43(45)49)41-24-12-11-23-39(41)40-31-29-35(33-46(40)50)48-38-22-10-9-17-34(38)30-32-47(48)51(36-18-5-3-6-19-36)37-20-7-4-8-21-37/h3-33H,1-2H3. The van der Waals surface area contributed by atoms with Gasteiger partial charge in [0.2, 0.25) is 0 Å². The van der Waals surface area contributed by atoms with Crippen LogP contribution < -0.4 is 4.90 Å². The van der Waals surface area contributed by atoms with Crippen LogP contribution in [0.3, 0.4) is 0 Å². The molecule has 0 saturated carbocycles. The lowest BCUT2D eigenvalue weighted by molar-refractivity contribution is 0.563. The van der Waals surface area contributed by atoms with Crippen LogP contribution in [-0.4, -0.2) is 0 Å². The third-order valence-corrected chi connectivity index (χ3v) is 11.5. The predicted octanol–water partition coefficient (Wildman–Crippen LogP) is 13.0. The Kier molecular flexibility index (Phi) is 6.51. The first-order valence-electron chi connectivity index (χ1n) is 18.0. The molecule has 0 bridgehead atoms. The van der Waals surface area contributed by atoms with Gasteiger partial charge < -0.3 is 4.90 Å². The van der Waals surface area contributed by atoms with Gasteiger partial charge in [0.15, 0.2) is 0 Å². The van der Waals surface area contributed by atoms with Crippen LogP contribution in [0.1, 0.15) is 47.2 Å². The van der Waals surface area contributed by atoms with E-state index < -0.39 is 5.41 Å². The molecule has 0 unspecified atom stereocenters. The second kappa shape index (κ2) is 11.2. The van der Waals surface area contributed by atoms with Crippen molar-refractivity contribution in [3.05, 3.63) is 221 Å². The van der Waals surface area contributed by atoms with Crippen molar-refractivity contribution in [1.29, 1.82) is 0 Å². The maximum Gasteiger partial charge on any atom is 0.0719 e. The van der Waals surface area contributed by atoms with Crippen LogP contribution in [0.4, 0.5) is 17.1 Å². The molecule has 242 valence electrons. The van der Waals surface area contributed by atoms with Gasteiger partial charge in [-0.1, -0.05) is 166 Å². The Balaban J connectivity index is 1.32. The molecule has 0 aliphatic heterocycles. The third-order valence-electron chi connectivity index (χ3n) is 11.5. The monoisotopic (exact) mass is 651 g/mol. The van der Waals surface area contributed by atoms with E-state index in [0.29, 0.717) is 0 Å². The molecule has 0 atom stereocenters. The summed E-state index contributed by atoms with van der Waals surface area (Å²) in [5, 5.41) is 2.47. The molecule has 51 heavy (non-hydrogen) atoms. The van der Waals surface area contributed by atoms with Crippen molar-refractivity contribution >= 4 is 27.8 Å². The Bertz CT molecular complexity index is 2530. The van der Waals surface area contributed by atoms with Gasteiger partial charge in [0.05, 0.1) is 11.1 Å². The summed E-state index contributed by atoms with van der Waals surface area (Å²) in [6, 6.07) is 69.7. The second-order valence-electron chi connectivity index (χ2n) is 14.5. The molecule has 10 rings (SSSR count). The van der Waals surface area contributed by atoms with E-state index in [9.17, 15) is 0 Å². The lowest BCUT2D eigenvalue weighted by Gasteiger charge is -2.46. The van der Waals surface area contributed by atoms with Gasteiger partial charge in [0.1, 0.15) is 0 Å². The van der Waals surface area contributed by atoms with E-state index in [1.165, 1.54) is 66.4 Å². The van der Waals surface area contributed by atoms with Gasteiger partial charge in [-0.05, 0) is 97.2 Å². The molecule has 2 aliphatic carbocycles. The molecule has 1 heteroatoms. The summed E-state index contributed by atoms with van der Waals surface area (Å²) < 4.78 is 0. The summed E-state index contributed by atoms with van der Waals surface area (Å²) in [6.07, 6.45) is 0. The Hall–Kier alpha value is -6.18. The molecule has 0 fully saturated rings. The molecule has 8 aromatic rings. The molecule has 1 nitrogen and oxygen atoms in total. The Morgan fingerprint density at radius 3 is 1.55 bits per heavy atom. The lowest BCUT2D eigenvalue weighted by atomic mass is 9.55. The molecule has 0 N–H and O–H groups in total. The van der Waals surface area contributed by atoms with Gasteiger partial charge in [0.25, 0.3) is 0 Å².